The van der Waals surface area contributed by atoms with E-state index in [9.17, 15) is 4.79 Å². The number of benzene rings is 1. The highest BCUT2D eigenvalue weighted by molar-refractivity contribution is 5.48. The predicted molar refractivity (Wildman–Crippen MR) is 68.7 cm³/mol. The Morgan fingerprint density at radius 1 is 0.938 bits per heavy atom. The zero-order chi connectivity index (χ0) is 11.6. The first-order valence-corrected chi connectivity index (χ1v) is 6.38. The number of hydrogen-bond acceptors (Lipinski definition) is 1. The van der Waals surface area contributed by atoms with Crippen molar-refractivity contribution < 1.29 is 4.79 Å². The molecule has 0 bridgehead atoms. The molecular formula is C15H22O. The van der Waals surface area contributed by atoms with Gasteiger partial charge < -0.3 is 4.79 Å². The van der Waals surface area contributed by atoms with E-state index in [2.05, 4.69) is 31.2 Å². The fraction of sp³-hybridized carbons (Fsp3) is 0.533. The molecule has 0 aliphatic carbocycles. The molecule has 1 aromatic rings. The number of aldehydes is 1. The van der Waals surface area contributed by atoms with Gasteiger partial charge in [0.1, 0.15) is 6.29 Å². The molecular weight excluding hydrogens is 196 g/mol. The van der Waals surface area contributed by atoms with Crippen molar-refractivity contribution in [2.75, 3.05) is 0 Å². The van der Waals surface area contributed by atoms with Gasteiger partial charge in [-0.15, -0.1) is 0 Å². The summed E-state index contributed by atoms with van der Waals surface area (Å²) in [5, 5.41) is 0. The minimum absolute atomic E-state index is 0.718. The lowest BCUT2D eigenvalue weighted by Crippen LogP contribution is -1.88. The van der Waals surface area contributed by atoms with Crippen LogP contribution in [-0.4, -0.2) is 6.29 Å². The van der Waals surface area contributed by atoms with E-state index in [1.807, 2.05) is 0 Å². The van der Waals surface area contributed by atoms with Crippen molar-refractivity contribution in [1.29, 1.82) is 0 Å². The Balaban J connectivity index is 2.23. The maximum Gasteiger partial charge on any atom is 0.119 e. The molecule has 88 valence electrons. The largest absolute Gasteiger partial charge is 0.303 e. The van der Waals surface area contributed by atoms with Crippen molar-refractivity contribution in [3.8, 4) is 0 Å². The van der Waals surface area contributed by atoms with E-state index >= 15 is 0 Å². The van der Waals surface area contributed by atoms with Crippen molar-refractivity contribution in [3.05, 3.63) is 35.4 Å². The Bertz CT molecular complexity index is 287. The summed E-state index contributed by atoms with van der Waals surface area (Å²) in [6, 6.07) is 8.96. The molecule has 0 fully saturated rings. The molecule has 0 N–H and O–H groups in total. The monoisotopic (exact) mass is 218 g/mol. The second-order valence-electron chi connectivity index (χ2n) is 4.33. The van der Waals surface area contributed by atoms with Crippen LogP contribution >= 0.6 is 0 Å². The first-order chi connectivity index (χ1) is 7.86. The number of unbranched alkanes of at least 4 members (excludes halogenated alkanes) is 3. The Morgan fingerprint density at radius 2 is 1.56 bits per heavy atom. The average molecular weight is 218 g/mol. The third-order valence-electron chi connectivity index (χ3n) is 2.85. The van der Waals surface area contributed by atoms with Crippen molar-refractivity contribution in [2.24, 2.45) is 0 Å². The van der Waals surface area contributed by atoms with E-state index < -0.39 is 0 Å². The molecule has 0 atom stereocenters. The van der Waals surface area contributed by atoms with Crippen molar-refractivity contribution in [3.63, 3.8) is 0 Å². The third-order valence-corrected chi connectivity index (χ3v) is 2.85. The minimum Gasteiger partial charge on any atom is -0.303 e. The number of carbonyl (C=O) groups is 1. The normalized spacial score (nSPS) is 10.3. The summed E-state index contributed by atoms with van der Waals surface area (Å²) in [7, 11) is 0. The van der Waals surface area contributed by atoms with Gasteiger partial charge in [0.15, 0.2) is 0 Å². The fourth-order valence-electron chi connectivity index (χ4n) is 1.89. The van der Waals surface area contributed by atoms with Gasteiger partial charge in [0, 0.05) is 6.42 Å². The first-order valence-electron chi connectivity index (χ1n) is 6.38. The maximum absolute atomic E-state index is 10.1. The van der Waals surface area contributed by atoms with Gasteiger partial charge in [0.25, 0.3) is 0 Å². The van der Waals surface area contributed by atoms with Crippen molar-refractivity contribution in [1.82, 2.24) is 0 Å². The lowest BCUT2D eigenvalue weighted by atomic mass is 10.0. The molecule has 0 spiro atoms. The summed E-state index contributed by atoms with van der Waals surface area (Å²) in [6.07, 6.45) is 8.67. The average Bonchev–Trinajstić information content (AvgIpc) is 2.31. The smallest absolute Gasteiger partial charge is 0.119 e. The van der Waals surface area contributed by atoms with Crippen LogP contribution in [0.3, 0.4) is 0 Å². The molecule has 0 amide bonds. The number of carbonyl (C=O) groups excluding carboxylic acids is 1. The van der Waals surface area contributed by atoms with Crippen LogP contribution in [0.15, 0.2) is 24.3 Å². The summed E-state index contributed by atoms with van der Waals surface area (Å²) in [4.78, 5) is 10.1. The van der Waals surface area contributed by atoms with Crippen molar-refractivity contribution >= 4 is 6.29 Å². The molecule has 0 saturated heterocycles. The van der Waals surface area contributed by atoms with Crippen LogP contribution in [0.1, 0.15) is 50.2 Å². The van der Waals surface area contributed by atoms with Crippen LogP contribution in [0.4, 0.5) is 0 Å². The number of hydrogen-bond donors (Lipinski definition) is 0. The van der Waals surface area contributed by atoms with Gasteiger partial charge in [0.05, 0.1) is 0 Å². The van der Waals surface area contributed by atoms with Crippen LogP contribution in [0.2, 0.25) is 0 Å². The minimum atomic E-state index is 0.718. The molecule has 0 saturated carbocycles. The second kappa shape index (κ2) is 8.09. The van der Waals surface area contributed by atoms with Gasteiger partial charge in [-0.25, -0.2) is 0 Å². The highest BCUT2D eigenvalue weighted by Crippen LogP contribution is 2.10. The Hall–Kier alpha value is -1.11. The highest BCUT2D eigenvalue weighted by atomic mass is 16.1. The fourth-order valence-corrected chi connectivity index (χ4v) is 1.89. The first kappa shape index (κ1) is 13.0. The van der Waals surface area contributed by atoms with Gasteiger partial charge in [-0.3, -0.25) is 0 Å². The zero-order valence-corrected chi connectivity index (χ0v) is 10.2. The maximum atomic E-state index is 10.1. The second-order valence-corrected chi connectivity index (χ2v) is 4.33. The van der Waals surface area contributed by atoms with Crippen LogP contribution in [0.25, 0.3) is 0 Å². The van der Waals surface area contributed by atoms with Crippen LogP contribution in [-0.2, 0) is 17.6 Å². The molecule has 0 heterocycles. The van der Waals surface area contributed by atoms with E-state index in [1.165, 1.54) is 30.4 Å². The van der Waals surface area contributed by atoms with Crippen LogP contribution < -0.4 is 0 Å². The summed E-state index contributed by atoms with van der Waals surface area (Å²) in [5.74, 6) is 0. The summed E-state index contributed by atoms with van der Waals surface area (Å²) >= 11 is 0. The Morgan fingerprint density at radius 3 is 2.12 bits per heavy atom. The number of aryl methyl sites for hydroxylation is 2. The molecule has 0 aromatic heterocycles. The van der Waals surface area contributed by atoms with E-state index in [0.29, 0.717) is 0 Å². The molecule has 0 aliphatic rings. The standard InChI is InChI=1S/C15H22O/c1-2-7-14-9-11-15(12-10-14)8-5-3-4-6-13-16/h9-13H,2-8H2,1H3. The Kier molecular flexibility index (Phi) is 6.55. The molecule has 0 radical (unpaired) electrons. The van der Waals surface area contributed by atoms with Gasteiger partial charge in [0.2, 0.25) is 0 Å². The molecule has 0 aliphatic heterocycles. The SMILES string of the molecule is CCCc1ccc(CCCCCC=O)cc1. The van der Waals surface area contributed by atoms with Crippen LogP contribution in [0, 0.1) is 0 Å². The highest BCUT2D eigenvalue weighted by Gasteiger charge is 1.95. The lowest BCUT2D eigenvalue weighted by Gasteiger charge is -2.03. The molecule has 1 nitrogen and oxygen atoms in total. The molecule has 16 heavy (non-hydrogen) atoms. The van der Waals surface area contributed by atoms with Crippen LogP contribution in [0.5, 0.6) is 0 Å². The molecule has 1 heteroatoms. The summed E-state index contributed by atoms with van der Waals surface area (Å²) in [6.45, 7) is 2.21. The van der Waals surface area contributed by atoms with Gasteiger partial charge in [-0.1, -0.05) is 44.0 Å². The Labute approximate surface area is 98.9 Å². The number of rotatable bonds is 8. The van der Waals surface area contributed by atoms with E-state index in [4.69, 9.17) is 0 Å². The third kappa shape index (κ3) is 5.11. The quantitative estimate of drug-likeness (QED) is 0.477. The van der Waals surface area contributed by atoms with Gasteiger partial charge >= 0.3 is 0 Å². The molecule has 1 aromatic carbocycles. The topological polar surface area (TPSA) is 17.1 Å². The van der Waals surface area contributed by atoms with Gasteiger partial charge in [-0.2, -0.15) is 0 Å². The van der Waals surface area contributed by atoms with E-state index in [0.717, 1.165) is 32.0 Å². The zero-order valence-electron chi connectivity index (χ0n) is 10.2. The molecule has 0 unspecified atom stereocenters. The van der Waals surface area contributed by atoms with Crippen molar-refractivity contribution in [2.45, 2.75) is 51.9 Å². The van der Waals surface area contributed by atoms with E-state index in [1.54, 1.807) is 0 Å². The van der Waals surface area contributed by atoms with Gasteiger partial charge in [-0.05, 0) is 36.8 Å². The lowest BCUT2D eigenvalue weighted by molar-refractivity contribution is -0.107. The predicted octanol–water partition coefficient (Wildman–Crippen LogP) is 3.94. The van der Waals surface area contributed by atoms with E-state index in [-0.39, 0.29) is 0 Å². The summed E-state index contributed by atoms with van der Waals surface area (Å²) < 4.78 is 0. The molecule has 1 rings (SSSR count). The summed E-state index contributed by atoms with van der Waals surface area (Å²) in [5.41, 5.74) is 2.86.